The Labute approximate surface area is 153 Å². The summed E-state index contributed by atoms with van der Waals surface area (Å²) in [7, 11) is -2.42. The molecular formula is C22H30O2Si. The van der Waals surface area contributed by atoms with Crippen molar-refractivity contribution in [3.8, 4) is 0 Å². The summed E-state index contributed by atoms with van der Waals surface area (Å²) in [6.07, 6.45) is 0.850. The zero-order valence-corrected chi connectivity index (χ0v) is 16.8. The number of rotatable bonds is 6. The van der Waals surface area contributed by atoms with E-state index >= 15 is 0 Å². The van der Waals surface area contributed by atoms with Crippen LogP contribution < -0.4 is 10.4 Å². The maximum absolute atomic E-state index is 9.84. The fourth-order valence-corrected chi connectivity index (χ4v) is 8.67. The van der Waals surface area contributed by atoms with E-state index in [-0.39, 0.29) is 11.1 Å². The Kier molecular flexibility index (Phi) is 5.19. The van der Waals surface area contributed by atoms with Crippen LogP contribution in [-0.4, -0.2) is 26.1 Å². The van der Waals surface area contributed by atoms with Crippen LogP contribution in [0.1, 0.15) is 34.1 Å². The van der Waals surface area contributed by atoms with Gasteiger partial charge in [0.1, 0.15) is 0 Å². The third-order valence-corrected chi connectivity index (χ3v) is 10.5. The second-order valence-corrected chi connectivity index (χ2v) is 12.7. The lowest BCUT2D eigenvalue weighted by Crippen LogP contribution is -2.66. The van der Waals surface area contributed by atoms with Crippen molar-refractivity contribution in [2.45, 2.75) is 45.3 Å². The molecule has 1 aliphatic carbocycles. The van der Waals surface area contributed by atoms with Gasteiger partial charge >= 0.3 is 0 Å². The van der Waals surface area contributed by atoms with Crippen LogP contribution in [0.4, 0.5) is 0 Å². The Bertz CT molecular complexity index is 637. The highest BCUT2D eigenvalue weighted by atomic mass is 28.4. The van der Waals surface area contributed by atoms with Crippen LogP contribution in [0.25, 0.3) is 0 Å². The summed E-state index contributed by atoms with van der Waals surface area (Å²) in [4.78, 5) is 0. The summed E-state index contributed by atoms with van der Waals surface area (Å²) >= 11 is 0. The average Bonchev–Trinajstić information content (AvgIpc) is 3.36. The molecule has 0 spiro atoms. The topological polar surface area (TPSA) is 29.5 Å². The van der Waals surface area contributed by atoms with Gasteiger partial charge in [0, 0.05) is 6.61 Å². The molecule has 2 aromatic carbocycles. The molecule has 0 saturated heterocycles. The Hall–Kier alpha value is -1.42. The Morgan fingerprint density at radius 2 is 1.48 bits per heavy atom. The molecule has 1 aliphatic rings. The van der Waals surface area contributed by atoms with E-state index in [1.165, 1.54) is 10.4 Å². The molecule has 2 aromatic rings. The lowest BCUT2D eigenvalue weighted by Gasteiger charge is -2.43. The second kappa shape index (κ2) is 7.06. The highest BCUT2D eigenvalue weighted by Gasteiger charge is 2.52. The predicted octanol–water partition coefficient (Wildman–Crippen LogP) is 3.58. The zero-order chi connectivity index (χ0) is 18.1. The first-order valence-electron chi connectivity index (χ1n) is 9.29. The van der Waals surface area contributed by atoms with Crippen LogP contribution in [0.15, 0.2) is 60.7 Å². The molecule has 0 aromatic heterocycles. The molecule has 25 heavy (non-hydrogen) atoms. The summed E-state index contributed by atoms with van der Waals surface area (Å²) in [5.74, 6) is 0.889. The molecular weight excluding hydrogens is 324 g/mol. The number of benzene rings is 2. The van der Waals surface area contributed by atoms with Gasteiger partial charge in [0.05, 0.1) is 6.10 Å². The van der Waals surface area contributed by atoms with E-state index < -0.39 is 8.32 Å². The number of aliphatic hydroxyl groups is 1. The average molecular weight is 355 g/mol. The summed E-state index contributed by atoms with van der Waals surface area (Å²) in [6.45, 7) is 9.55. The van der Waals surface area contributed by atoms with Crippen LogP contribution >= 0.6 is 0 Å². The van der Waals surface area contributed by atoms with Gasteiger partial charge in [-0.05, 0) is 40.6 Å². The fraction of sp³-hybridized carbons (Fsp3) is 0.455. The highest BCUT2D eigenvalue weighted by Crippen LogP contribution is 2.44. The molecule has 0 aliphatic heterocycles. The zero-order valence-electron chi connectivity index (χ0n) is 15.8. The number of aliphatic hydroxyl groups excluding tert-OH is 1. The third kappa shape index (κ3) is 3.59. The molecule has 1 saturated carbocycles. The van der Waals surface area contributed by atoms with Crippen LogP contribution in [0.5, 0.6) is 0 Å². The molecule has 0 radical (unpaired) electrons. The van der Waals surface area contributed by atoms with Gasteiger partial charge in [-0.1, -0.05) is 81.4 Å². The molecule has 3 heteroatoms. The van der Waals surface area contributed by atoms with Gasteiger partial charge in [-0.2, -0.15) is 0 Å². The van der Waals surface area contributed by atoms with E-state index in [4.69, 9.17) is 4.43 Å². The van der Waals surface area contributed by atoms with Crippen molar-refractivity contribution in [1.29, 1.82) is 0 Å². The Morgan fingerprint density at radius 3 is 1.84 bits per heavy atom. The molecule has 1 fully saturated rings. The minimum Gasteiger partial charge on any atom is -0.407 e. The molecule has 0 unspecified atom stereocenters. The van der Waals surface area contributed by atoms with Gasteiger partial charge in [-0.25, -0.2) is 0 Å². The number of hydrogen-bond donors (Lipinski definition) is 1. The van der Waals surface area contributed by atoms with E-state index in [9.17, 15) is 5.11 Å². The molecule has 1 N–H and O–H groups in total. The molecule has 0 heterocycles. The second-order valence-electron chi connectivity index (χ2n) is 8.37. The van der Waals surface area contributed by atoms with Crippen molar-refractivity contribution < 1.29 is 9.53 Å². The molecule has 134 valence electrons. The van der Waals surface area contributed by atoms with Crippen LogP contribution in [0, 0.1) is 11.8 Å². The van der Waals surface area contributed by atoms with Gasteiger partial charge in [-0.3, -0.25) is 0 Å². The van der Waals surface area contributed by atoms with Gasteiger partial charge in [0.2, 0.25) is 0 Å². The van der Waals surface area contributed by atoms with Gasteiger partial charge in [-0.15, -0.1) is 0 Å². The maximum Gasteiger partial charge on any atom is 0.261 e. The van der Waals surface area contributed by atoms with E-state index in [1.807, 2.05) is 6.92 Å². The quantitative estimate of drug-likeness (QED) is 0.804. The lowest BCUT2D eigenvalue weighted by molar-refractivity contribution is 0.155. The molecule has 3 atom stereocenters. The summed E-state index contributed by atoms with van der Waals surface area (Å²) in [6, 6.07) is 21.5. The van der Waals surface area contributed by atoms with Crippen molar-refractivity contribution in [1.82, 2.24) is 0 Å². The number of hydrogen-bond acceptors (Lipinski definition) is 2. The first kappa shape index (κ1) is 18.4. The Balaban J connectivity index is 2.00. The largest absolute Gasteiger partial charge is 0.407 e. The SMILES string of the molecule is C[C@@H](O)[C@@H]1C[C@H]1CO[Si](c1ccccc1)(c1ccccc1)C(C)(C)C. The fourth-order valence-electron chi connectivity index (χ4n) is 4.05. The minimum absolute atomic E-state index is 0.0188. The summed E-state index contributed by atoms with van der Waals surface area (Å²) < 4.78 is 6.90. The molecule has 0 bridgehead atoms. The van der Waals surface area contributed by atoms with Gasteiger partial charge < -0.3 is 9.53 Å². The van der Waals surface area contributed by atoms with Crippen molar-refractivity contribution in [3.63, 3.8) is 0 Å². The van der Waals surface area contributed by atoms with E-state index in [2.05, 4.69) is 81.4 Å². The highest BCUT2D eigenvalue weighted by molar-refractivity contribution is 6.99. The predicted molar refractivity (Wildman–Crippen MR) is 107 cm³/mol. The van der Waals surface area contributed by atoms with Crippen LogP contribution in [-0.2, 0) is 4.43 Å². The standard InChI is InChI=1S/C22H30O2Si/c1-17(23)21-15-18(21)16-24-25(22(2,3)4,19-11-7-5-8-12-19)20-13-9-6-10-14-20/h5-14,17-18,21,23H,15-16H2,1-4H3/t17-,18+,21+/m1/s1. The van der Waals surface area contributed by atoms with Crippen molar-refractivity contribution in [3.05, 3.63) is 60.7 Å². The first-order chi connectivity index (χ1) is 11.9. The third-order valence-electron chi connectivity index (χ3n) is 5.53. The molecule has 2 nitrogen and oxygen atoms in total. The smallest absolute Gasteiger partial charge is 0.261 e. The lowest BCUT2D eigenvalue weighted by atomic mass is 10.2. The van der Waals surface area contributed by atoms with E-state index in [0.29, 0.717) is 11.8 Å². The van der Waals surface area contributed by atoms with E-state index in [1.54, 1.807) is 0 Å². The molecule has 0 amide bonds. The van der Waals surface area contributed by atoms with Crippen molar-refractivity contribution in [2.75, 3.05) is 6.61 Å². The molecule has 3 rings (SSSR count). The normalized spacial score (nSPS) is 21.8. The Morgan fingerprint density at radius 1 is 1.00 bits per heavy atom. The summed E-state index contributed by atoms with van der Waals surface area (Å²) in [5, 5.41) is 12.5. The van der Waals surface area contributed by atoms with Crippen LogP contribution in [0.2, 0.25) is 5.04 Å². The first-order valence-corrected chi connectivity index (χ1v) is 11.2. The van der Waals surface area contributed by atoms with Crippen molar-refractivity contribution in [2.24, 2.45) is 11.8 Å². The maximum atomic E-state index is 9.84. The monoisotopic (exact) mass is 354 g/mol. The van der Waals surface area contributed by atoms with Gasteiger partial charge in [0.25, 0.3) is 8.32 Å². The summed E-state index contributed by atoms with van der Waals surface area (Å²) in [5.41, 5.74) is 0. The van der Waals surface area contributed by atoms with Crippen molar-refractivity contribution >= 4 is 18.7 Å². The van der Waals surface area contributed by atoms with E-state index in [0.717, 1.165) is 13.0 Å². The van der Waals surface area contributed by atoms with Crippen LogP contribution in [0.3, 0.4) is 0 Å². The minimum atomic E-state index is -2.42. The van der Waals surface area contributed by atoms with Gasteiger partial charge in [0.15, 0.2) is 0 Å².